The number of rotatable bonds is 4. The Morgan fingerprint density at radius 3 is 2.58 bits per heavy atom. The normalized spacial score (nSPS) is 24.3. The molecular weight excluding hydrogens is 264 g/mol. The fourth-order valence-electron chi connectivity index (χ4n) is 2.37. The third-order valence-electron chi connectivity index (χ3n) is 3.52. The van der Waals surface area contributed by atoms with Crippen LogP contribution in [-0.4, -0.2) is 26.2 Å². The Balaban J connectivity index is 1.96. The largest absolute Gasteiger partial charge is 0.393 e. The predicted molar refractivity (Wildman–Crippen MR) is 72.3 cm³/mol. The Morgan fingerprint density at radius 1 is 1.26 bits per heavy atom. The number of hydrogen-bond acceptors (Lipinski definition) is 4. The lowest BCUT2D eigenvalue weighted by Gasteiger charge is -2.25. The van der Waals surface area contributed by atoms with Gasteiger partial charge < -0.3 is 5.11 Å². The molecule has 0 aliphatic heterocycles. The van der Waals surface area contributed by atoms with E-state index in [1.54, 1.807) is 24.3 Å². The average molecular weight is 284 g/mol. The van der Waals surface area contributed by atoms with E-state index in [0.29, 0.717) is 6.42 Å². The monoisotopic (exact) mass is 284 g/mol. The zero-order chi connectivity index (χ0) is 13.9. The summed E-state index contributed by atoms with van der Waals surface area (Å²) in [5.74, 6) is 0.129. The van der Waals surface area contributed by atoms with Crippen molar-refractivity contribution in [1.29, 1.82) is 0 Å². The molecule has 0 amide bonds. The Labute approximate surface area is 114 Å². The van der Waals surface area contributed by atoms with E-state index in [-0.39, 0.29) is 23.5 Å². The number of benzene rings is 1. The van der Waals surface area contributed by atoms with E-state index in [1.807, 2.05) is 6.92 Å². The molecule has 1 fully saturated rings. The number of aliphatic hydroxyl groups is 1. The molecule has 19 heavy (non-hydrogen) atoms. The first-order valence-corrected chi connectivity index (χ1v) is 8.02. The summed E-state index contributed by atoms with van der Waals surface area (Å²) in [5, 5.41) is 9.55. The number of aryl methyl sites for hydroxylation is 1. The van der Waals surface area contributed by atoms with Crippen LogP contribution in [0.4, 0.5) is 0 Å². The minimum Gasteiger partial charge on any atom is -0.393 e. The summed E-state index contributed by atoms with van der Waals surface area (Å²) in [7, 11) is -3.68. The maximum atomic E-state index is 12.0. The molecule has 4 nitrogen and oxygen atoms in total. The second kappa shape index (κ2) is 6.03. The number of hydrogen-bond donors (Lipinski definition) is 1. The van der Waals surface area contributed by atoms with Crippen molar-refractivity contribution in [3.63, 3.8) is 0 Å². The molecule has 1 aliphatic rings. The molecule has 1 aromatic rings. The Bertz CT molecular complexity index is 507. The van der Waals surface area contributed by atoms with E-state index >= 15 is 0 Å². The van der Waals surface area contributed by atoms with Crippen LogP contribution in [0, 0.1) is 12.8 Å². The molecule has 106 valence electrons. The summed E-state index contributed by atoms with van der Waals surface area (Å²) >= 11 is 0. The first kappa shape index (κ1) is 14.5. The van der Waals surface area contributed by atoms with Gasteiger partial charge in [0, 0.05) is 0 Å². The lowest BCUT2D eigenvalue weighted by Crippen LogP contribution is -2.24. The standard InChI is InChI=1S/C14H20O4S/c1-11-5-7-14(8-6-11)19(16,17)18-10-12-3-2-4-13(15)9-12/h5-8,12-13,15H,2-4,9-10H2,1H3/t12-,13+/m0/s1. The molecule has 0 spiro atoms. The van der Waals surface area contributed by atoms with Gasteiger partial charge in [0.15, 0.2) is 0 Å². The van der Waals surface area contributed by atoms with Crippen molar-refractivity contribution in [2.45, 2.75) is 43.6 Å². The van der Waals surface area contributed by atoms with Crippen molar-refractivity contribution in [3.05, 3.63) is 29.8 Å². The lowest BCUT2D eigenvalue weighted by molar-refractivity contribution is 0.0821. The summed E-state index contributed by atoms with van der Waals surface area (Å²) in [6.45, 7) is 2.06. The smallest absolute Gasteiger partial charge is 0.296 e. The SMILES string of the molecule is Cc1ccc(S(=O)(=O)OC[C@H]2CCC[C@@H](O)C2)cc1. The summed E-state index contributed by atoms with van der Waals surface area (Å²) in [5.41, 5.74) is 1.01. The maximum absolute atomic E-state index is 12.0. The second-order valence-corrected chi connectivity index (χ2v) is 6.85. The third-order valence-corrected chi connectivity index (χ3v) is 4.82. The van der Waals surface area contributed by atoms with E-state index < -0.39 is 10.1 Å². The van der Waals surface area contributed by atoms with E-state index in [2.05, 4.69) is 0 Å². The van der Waals surface area contributed by atoms with Crippen LogP contribution >= 0.6 is 0 Å². The van der Waals surface area contributed by atoms with Gasteiger partial charge in [0.25, 0.3) is 10.1 Å². The van der Waals surface area contributed by atoms with Crippen molar-refractivity contribution in [3.8, 4) is 0 Å². The molecule has 5 heteroatoms. The van der Waals surface area contributed by atoms with Gasteiger partial charge in [-0.15, -0.1) is 0 Å². The van der Waals surface area contributed by atoms with Crippen LogP contribution in [-0.2, 0) is 14.3 Å². The second-order valence-electron chi connectivity index (χ2n) is 5.24. The third kappa shape index (κ3) is 4.03. The van der Waals surface area contributed by atoms with Crippen LogP contribution in [0.15, 0.2) is 29.2 Å². The zero-order valence-corrected chi connectivity index (χ0v) is 11.9. The quantitative estimate of drug-likeness (QED) is 0.861. The highest BCUT2D eigenvalue weighted by Gasteiger charge is 2.23. The molecule has 0 saturated heterocycles. The van der Waals surface area contributed by atoms with Crippen molar-refractivity contribution >= 4 is 10.1 Å². The summed E-state index contributed by atoms with van der Waals surface area (Å²) in [6, 6.07) is 6.61. The highest BCUT2D eigenvalue weighted by Crippen LogP contribution is 2.25. The average Bonchev–Trinajstić information content (AvgIpc) is 2.37. The van der Waals surface area contributed by atoms with E-state index in [0.717, 1.165) is 24.8 Å². The lowest BCUT2D eigenvalue weighted by atomic mass is 9.88. The fraction of sp³-hybridized carbons (Fsp3) is 0.571. The van der Waals surface area contributed by atoms with Gasteiger partial charge in [0.2, 0.25) is 0 Å². The van der Waals surface area contributed by atoms with Gasteiger partial charge in [-0.2, -0.15) is 8.42 Å². The maximum Gasteiger partial charge on any atom is 0.296 e. The van der Waals surface area contributed by atoms with Gasteiger partial charge in [-0.1, -0.05) is 24.1 Å². The van der Waals surface area contributed by atoms with Crippen molar-refractivity contribution in [1.82, 2.24) is 0 Å². The molecule has 1 aliphatic carbocycles. The van der Waals surface area contributed by atoms with Crippen LogP contribution in [0.2, 0.25) is 0 Å². The molecule has 0 heterocycles. The molecular formula is C14H20O4S. The Morgan fingerprint density at radius 2 is 1.95 bits per heavy atom. The first-order chi connectivity index (χ1) is 8.97. The van der Waals surface area contributed by atoms with Gasteiger partial charge in [-0.25, -0.2) is 0 Å². The minimum absolute atomic E-state index is 0.129. The molecule has 0 bridgehead atoms. The predicted octanol–water partition coefficient (Wildman–Crippen LogP) is 2.25. The summed E-state index contributed by atoms with van der Waals surface area (Å²) < 4.78 is 29.1. The highest BCUT2D eigenvalue weighted by atomic mass is 32.2. The molecule has 1 saturated carbocycles. The van der Waals surface area contributed by atoms with Crippen LogP contribution < -0.4 is 0 Å². The van der Waals surface area contributed by atoms with Gasteiger partial charge in [0.05, 0.1) is 17.6 Å². The molecule has 1 N–H and O–H groups in total. The van der Waals surface area contributed by atoms with Gasteiger partial charge in [-0.3, -0.25) is 4.18 Å². The van der Waals surface area contributed by atoms with Gasteiger partial charge in [-0.05, 0) is 44.2 Å². The Hall–Kier alpha value is -0.910. The summed E-state index contributed by atoms with van der Waals surface area (Å²) in [4.78, 5) is 0.189. The topological polar surface area (TPSA) is 63.6 Å². The van der Waals surface area contributed by atoms with E-state index in [4.69, 9.17) is 4.18 Å². The molecule has 0 radical (unpaired) electrons. The molecule has 2 rings (SSSR count). The minimum atomic E-state index is -3.68. The summed E-state index contributed by atoms with van der Waals surface area (Å²) in [6.07, 6.45) is 2.97. The van der Waals surface area contributed by atoms with Crippen molar-refractivity contribution in [2.24, 2.45) is 5.92 Å². The molecule has 2 atom stereocenters. The number of aliphatic hydroxyl groups excluding tert-OH is 1. The molecule has 1 aromatic carbocycles. The van der Waals surface area contributed by atoms with Gasteiger partial charge in [0.1, 0.15) is 0 Å². The van der Waals surface area contributed by atoms with Crippen LogP contribution in [0.5, 0.6) is 0 Å². The Kier molecular flexibility index (Phi) is 4.60. The van der Waals surface area contributed by atoms with E-state index in [1.165, 1.54) is 0 Å². The zero-order valence-electron chi connectivity index (χ0n) is 11.1. The van der Waals surface area contributed by atoms with Crippen molar-refractivity contribution in [2.75, 3.05) is 6.61 Å². The van der Waals surface area contributed by atoms with E-state index in [9.17, 15) is 13.5 Å². The van der Waals surface area contributed by atoms with Crippen LogP contribution in [0.25, 0.3) is 0 Å². The van der Waals surface area contributed by atoms with Crippen molar-refractivity contribution < 1.29 is 17.7 Å². The molecule has 0 unspecified atom stereocenters. The van der Waals surface area contributed by atoms with Crippen LogP contribution in [0.1, 0.15) is 31.2 Å². The fourth-order valence-corrected chi connectivity index (χ4v) is 3.35. The van der Waals surface area contributed by atoms with Gasteiger partial charge >= 0.3 is 0 Å². The highest BCUT2D eigenvalue weighted by molar-refractivity contribution is 7.86. The molecule has 0 aromatic heterocycles. The first-order valence-electron chi connectivity index (χ1n) is 6.61. The van der Waals surface area contributed by atoms with Crippen LogP contribution in [0.3, 0.4) is 0 Å².